The number of nitrogens with zero attached hydrogens (tertiary/aromatic N) is 2. The Morgan fingerprint density at radius 2 is 1.52 bits per heavy atom. The van der Waals surface area contributed by atoms with Gasteiger partial charge in [-0.15, -0.1) is 0 Å². The van der Waals surface area contributed by atoms with Crippen LogP contribution in [0.2, 0.25) is 0 Å². The number of benzene rings is 2. The zero-order valence-corrected chi connectivity index (χ0v) is 10.8. The highest BCUT2D eigenvalue weighted by Crippen LogP contribution is 2.25. The minimum Gasteiger partial charge on any atom is -0.338 e. The summed E-state index contributed by atoms with van der Waals surface area (Å²) < 4.78 is 0. The molecule has 0 bridgehead atoms. The van der Waals surface area contributed by atoms with E-state index in [0.717, 1.165) is 44.1 Å². The van der Waals surface area contributed by atoms with E-state index in [4.69, 9.17) is 4.98 Å². The second kappa shape index (κ2) is 3.49. The first-order chi connectivity index (χ1) is 10.3. The van der Waals surface area contributed by atoms with Gasteiger partial charge >= 0.3 is 5.69 Å². The Morgan fingerprint density at radius 1 is 0.810 bits per heavy atom. The van der Waals surface area contributed by atoms with Crippen LogP contribution in [0.5, 0.6) is 0 Å². The van der Waals surface area contributed by atoms with Crippen LogP contribution in [0.25, 0.3) is 44.1 Å². The van der Waals surface area contributed by atoms with Crippen molar-refractivity contribution in [1.29, 1.82) is 0 Å². The third-order valence-corrected chi connectivity index (χ3v) is 3.74. The summed E-state index contributed by atoms with van der Waals surface area (Å²) in [6.07, 6.45) is 0. The molecule has 3 aromatic heterocycles. The minimum atomic E-state index is -0.226. The van der Waals surface area contributed by atoms with Crippen molar-refractivity contribution < 1.29 is 0 Å². The fraction of sp³-hybridized carbons (Fsp3) is 0. The largest absolute Gasteiger partial charge is 0.338 e. The van der Waals surface area contributed by atoms with E-state index in [2.05, 4.69) is 19.9 Å². The SMILES string of the molecule is O=c1[nH]c2cc3nc4[nH]c5ccccc5c4nc3cc2[nH]1. The van der Waals surface area contributed by atoms with E-state index in [9.17, 15) is 4.79 Å². The zero-order valence-electron chi connectivity index (χ0n) is 10.8. The van der Waals surface area contributed by atoms with Gasteiger partial charge in [0.05, 0.1) is 22.1 Å². The Bertz CT molecular complexity index is 1210. The molecule has 0 aliphatic heterocycles. The molecule has 0 aliphatic rings. The normalized spacial score (nSPS) is 12.0. The van der Waals surface area contributed by atoms with Crippen LogP contribution in [0.3, 0.4) is 0 Å². The average Bonchev–Trinajstić information content (AvgIpc) is 3.01. The molecule has 3 heterocycles. The molecule has 0 aliphatic carbocycles. The molecule has 0 atom stereocenters. The lowest BCUT2D eigenvalue weighted by atomic mass is 10.2. The van der Waals surface area contributed by atoms with Crippen LogP contribution in [-0.2, 0) is 0 Å². The standard InChI is InChI=1S/C15H9N5O/c21-15-19-11-5-9-10(6-12(11)20-15)18-14-13(16-9)7-3-1-2-4-8(7)17-14/h1-6H,(H,17,18)(H2,19,20,21). The van der Waals surface area contributed by atoms with Crippen LogP contribution in [0.15, 0.2) is 41.2 Å². The topological polar surface area (TPSA) is 90.2 Å². The third kappa shape index (κ3) is 1.38. The van der Waals surface area contributed by atoms with Crippen molar-refractivity contribution in [1.82, 2.24) is 24.9 Å². The molecule has 5 rings (SSSR count). The Balaban J connectivity index is 2.00. The lowest BCUT2D eigenvalue weighted by Crippen LogP contribution is -1.99. The number of fused-ring (bicyclic) bond motifs is 5. The maximum atomic E-state index is 11.4. The van der Waals surface area contributed by atoms with Crippen molar-refractivity contribution in [2.45, 2.75) is 0 Å². The summed E-state index contributed by atoms with van der Waals surface area (Å²) in [4.78, 5) is 29.4. The van der Waals surface area contributed by atoms with Gasteiger partial charge in [0.15, 0.2) is 5.65 Å². The quantitative estimate of drug-likeness (QED) is 0.405. The summed E-state index contributed by atoms with van der Waals surface area (Å²) in [6, 6.07) is 11.7. The number of rotatable bonds is 0. The molecule has 0 saturated heterocycles. The van der Waals surface area contributed by atoms with Crippen LogP contribution < -0.4 is 5.69 Å². The Kier molecular flexibility index (Phi) is 1.76. The Morgan fingerprint density at radius 3 is 2.33 bits per heavy atom. The highest BCUT2D eigenvalue weighted by molar-refractivity contribution is 6.06. The van der Waals surface area contributed by atoms with Gasteiger partial charge in [-0.3, -0.25) is 0 Å². The van der Waals surface area contributed by atoms with Crippen molar-refractivity contribution in [2.24, 2.45) is 0 Å². The predicted octanol–water partition coefficient (Wildman–Crippen LogP) is 2.43. The van der Waals surface area contributed by atoms with Crippen LogP contribution in [0.4, 0.5) is 0 Å². The van der Waals surface area contributed by atoms with Gasteiger partial charge in [0, 0.05) is 10.9 Å². The molecule has 0 amide bonds. The van der Waals surface area contributed by atoms with E-state index in [0.29, 0.717) is 0 Å². The second-order valence-electron chi connectivity index (χ2n) is 5.06. The number of aromatic amines is 3. The molecule has 6 nitrogen and oxygen atoms in total. The van der Waals surface area contributed by atoms with E-state index < -0.39 is 0 Å². The molecule has 6 heteroatoms. The average molecular weight is 275 g/mol. The smallest absolute Gasteiger partial charge is 0.323 e. The summed E-state index contributed by atoms with van der Waals surface area (Å²) in [6.45, 7) is 0. The number of H-pyrrole nitrogens is 3. The first-order valence-electron chi connectivity index (χ1n) is 6.58. The molecule has 0 fully saturated rings. The molecule has 21 heavy (non-hydrogen) atoms. The van der Waals surface area contributed by atoms with Crippen molar-refractivity contribution in [3.8, 4) is 0 Å². The molecular weight excluding hydrogens is 266 g/mol. The fourth-order valence-electron chi connectivity index (χ4n) is 2.79. The molecule has 0 spiro atoms. The summed E-state index contributed by atoms with van der Waals surface area (Å²) in [5.41, 5.74) is 5.36. The molecule has 3 N–H and O–H groups in total. The number of hydrogen-bond donors (Lipinski definition) is 3. The van der Waals surface area contributed by atoms with Gasteiger partial charge in [-0.05, 0) is 18.2 Å². The van der Waals surface area contributed by atoms with E-state index in [1.165, 1.54) is 0 Å². The van der Waals surface area contributed by atoms with Gasteiger partial charge in [-0.2, -0.15) is 0 Å². The number of nitrogens with one attached hydrogen (secondary N) is 3. The minimum absolute atomic E-state index is 0.226. The number of hydrogen-bond acceptors (Lipinski definition) is 3. The van der Waals surface area contributed by atoms with Crippen LogP contribution in [-0.4, -0.2) is 24.9 Å². The van der Waals surface area contributed by atoms with Crippen molar-refractivity contribution in [3.05, 3.63) is 46.9 Å². The van der Waals surface area contributed by atoms with E-state index >= 15 is 0 Å². The molecule has 0 unspecified atom stereocenters. The van der Waals surface area contributed by atoms with Crippen molar-refractivity contribution >= 4 is 44.1 Å². The maximum absolute atomic E-state index is 11.4. The number of para-hydroxylation sites is 1. The van der Waals surface area contributed by atoms with Gasteiger partial charge < -0.3 is 15.0 Å². The summed E-state index contributed by atoms with van der Waals surface area (Å²) in [5, 5.41) is 1.05. The van der Waals surface area contributed by atoms with Crippen LogP contribution in [0.1, 0.15) is 0 Å². The third-order valence-electron chi connectivity index (χ3n) is 3.74. The van der Waals surface area contributed by atoms with Gasteiger partial charge in [-0.1, -0.05) is 18.2 Å². The summed E-state index contributed by atoms with van der Waals surface area (Å²) in [5.74, 6) is 0. The van der Waals surface area contributed by atoms with Gasteiger partial charge in [0.2, 0.25) is 0 Å². The molecule has 2 aromatic carbocycles. The lowest BCUT2D eigenvalue weighted by molar-refractivity contribution is 1.22. The summed E-state index contributed by atoms with van der Waals surface area (Å²) >= 11 is 0. The van der Waals surface area contributed by atoms with Gasteiger partial charge in [0.25, 0.3) is 0 Å². The highest BCUT2D eigenvalue weighted by Gasteiger charge is 2.10. The number of aromatic nitrogens is 5. The Hall–Kier alpha value is -3.15. The van der Waals surface area contributed by atoms with Gasteiger partial charge in [-0.25, -0.2) is 14.8 Å². The first-order valence-corrected chi connectivity index (χ1v) is 6.58. The van der Waals surface area contributed by atoms with E-state index in [1.807, 2.05) is 36.4 Å². The first kappa shape index (κ1) is 10.6. The zero-order chi connectivity index (χ0) is 14.0. The monoisotopic (exact) mass is 275 g/mol. The highest BCUT2D eigenvalue weighted by atomic mass is 16.1. The Labute approximate surface area is 116 Å². The van der Waals surface area contributed by atoms with Crippen molar-refractivity contribution in [3.63, 3.8) is 0 Å². The lowest BCUT2D eigenvalue weighted by Gasteiger charge is -1.98. The maximum Gasteiger partial charge on any atom is 0.323 e. The molecule has 5 aromatic rings. The molecule has 100 valence electrons. The summed E-state index contributed by atoms with van der Waals surface area (Å²) in [7, 11) is 0. The van der Waals surface area contributed by atoms with Crippen LogP contribution >= 0.6 is 0 Å². The fourth-order valence-corrected chi connectivity index (χ4v) is 2.79. The van der Waals surface area contributed by atoms with Crippen molar-refractivity contribution in [2.75, 3.05) is 0 Å². The molecule has 0 saturated carbocycles. The van der Waals surface area contributed by atoms with E-state index in [-0.39, 0.29) is 5.69 Å². The van der Waals surface area contributed by atoms with Crippen LogP contribution in [0, 0.1) is 0 Å². The van der Waals surface area contributed by atoms with E-state index in [1.54, 1.807) is 0 Å². The molecular formula is C15H9N5O. The molecule has 0 radical (unpaired) electrons. The number of imidazole rings is 1. The second-order valence-corrected chi connectivity index (χ2v) is 5.06. The van der Waals surface area contributed by atoms with Gasteiger partial charge in [0.1, 0.15) is 5.52 Å². The predicted molar refractivity (Wildman–Crippen MR) is 81.4 cm³/mol.